The van der Waals surface area contributed by atoms with E-state index in [4.69, 9.17) is 29.4 Å². The summed E-state index contributed by atoms with van der Waals surface area (Å²) in [5, 5.41) is 24.9. The number of benzene rings is 3. The molecule has 336 valence electrons. The van der Waals surface area contributed by atoms with E-state index >= 15 is 0 Å². The first-order chi connectivity index (χ1) is 29.7. The predicted octanol–water partition coefficient (Wildman–Crippen LogP) is 5.97. The largest absolute Gasteiger partial charge is 0.490 e. The van der Waals surface area contributed by atoms with Crippen molar-refractivity contribution < 1.29 is 56.2 Å². The molecule has 0 bridgehead atoms. The number of ether oxygens (including phenoxy) is 5. The Bertz CT molecular complexity index is 2170. The zero-order valence-corrected chi connectivity index (χ0v) is 36.7. The van der Waals surface area contributed by atoms with E-state index in [0.717, 1.165) is 17.4 Å². The highest BCUT2D eigenvalue weighted by Crippen LogP contribution is 2.34. The topological polar surface area (TPSA) is 240 Å². The molecule has 0 radical (unpaired) electrons. The number of primary amides is 1. The molecular weight excluding hydrogens is 956 g/mol. The van der Waals surface area contributed by atoms with Crippen molar-refractivity contribution in [1.82, 2.24) is 10.3 Å². The van der Waals surface area contributed by atoms with Gasteiger partial charge in [0.15, 0.2) is 16.7 Å². The maximum atomic E-state index is 14.9. The SMILES string of the molecule is CC(=O)Nc1cc(NCCOCCOCCOCCOCCNCCCOc2cc(C(N)=O)c(Nc3ccc(I)cc3F)c(F)c2F)ccc1C(=O)Nc1nc(C)c([N+](=O)[O-])s1. The molecule has 4 aromatic rings. The van der Waals surface area contributed by atoms with Gasteiger partial charge in [-0.05, 0) is 96.3 Å². The Morgan fingerprint density at radius 1 is 0.823 bits per heavy atom. The highest BCUT2D eigenvalue weighted by Gasteiger charge is 2.24. The van der Waals surface area contributed by atoms with Crippen molar-refractivity contribution in [3.8, 4) is 5.75 Å². The standard InChI is InChI=1S/C39H46F3IN8O10S/c1-23-38(51(55)56)62-39(47-23)50-37(54)27-6-5-26(21-31(27)48-24(2)52)46-10-13-58-15-17-60-19-18-59-16-14-57-12-9-45-8-3-11-61-32-22-28(36(44)53)35(34(42)33(32)41)49-30-7-4-25(43)20-29(30)40/h4-7,20-22,45-46,49H,3,8-19H2,1-2H3,(H2,44,53)(H,48,52)(H,47,50,54). The average molecular weight is 1000 g/mol. The van der Waals surface area contributed by atoms with Crippen molar-refractivity contribution in [1.29, 1.82) is 0 Å². The summed E-state index contributed by atoms with van der Waals surface area (Å²) in [6, 6.07) is 9.83. The molecule has 18 nitrogen and oxygen atoms in total. The van der Waals surface area contributed by atoms with Gasteiger partial charge in [-0.25, -0.2) is 13.8 Å². The van der Waals surface area contributed by atoms with Crippen molar-refractivity contribution in [3.05, 3.63) is 90.4 Å². The molecule has 3 amide bonds. The second-order valence-corrected chi connectivity index (χ2v) is 15.2. The first-order valence-electron chi connectivity index (χ1n) is 19.0. The number of hydrogen-bond donors (Lipinski definition) is 6. The fourth-order valence-corrected chi connectivity index (χ4v) is 6.58. The Labute approximate surface area is 372 Å². The predicted molar refractivity (Wildman–Crippen MR) is 234 cm³/mol. The molecule has 4 rings (SSSR count). The minimum Gasteiger partial charge on any atom is -0.490 e. The van der Waals surface area contributed by atoms with Crippen LogP contribution in [0.2, 0.25) is 0 Å². The molecule has 0 saturated carbocycles. The van der Waals surface area contributed by atoms with Gasteiger partial charge in [-0.3, -0.25) is 29.8 Å². The number of anilines is 5. The highest BCUT2D eigenvalue weighted by atomic mass is 127. The molecule has 0 unspecified atom stereocenters. The van der Waals surface area contributed by atoms with Gasteiger partial charge in [-0.2, -0.15) is 4.39 Å². The number of nitrogens with one attached hydrogen (secondary N) is 5. The number of aryl methyl sites for hydroxylation is 1. The summed E-state index contributed by atoms with van der Waals surface area (Å²) in [6.07, 6.45) is 0.431. The molecule has 0 spiro atoms. The minimum atomic E-state index is -1.42. The van der Waals surface area contributed by atoms with Crippen LogP contribution in [0.3, 0.4) is 0 Å². The van der Waals surface area contributed by atoms with Gasteiger partial charge in [0, 0.05) is 29.3 Å². The van der Waals surface area contributed by atoms with Crippen LogP contribution in [-0.4, -0.2) is 107 Å². The number of aromatic nitrogens is 1. The van der Waals surface area contributed by atoms with Gasteiger partial charge in [0.1, 0.15) is 11.5 Å². The van der Waals surface area contributed by atoms with E-state index in [0.29, 0.717) is 88.2 Å². The normalized spacial score (nSPS) is 11.0. The number of hydrogen-bond acceptors (Lipinski definition) is 15. The second-order valence-electron chi connectivity index (χ2n) is 12.9. The van der Waals surface area contributed by atoms with Gasteiger partial charge in [-0.15, -0.1) is 0 Å². The lowest BCUT2D eigenvalue weighted by molar-refractivity contribution is -0.380. The lowest BCUT2D eigenvalue weighted by atomic mass is 10.1. The summed E-state index contributed by atoms with van der Waals surface area (Å²) in [6.45, 7) is 7.18. The average Bonchev–Trinajstić information content (AvgIpc) is 3.59. The van der Waals surface area contributed by atoms with Crippen LogP contribution in [0.1, 0.15) is 39.8 Å². The number of nitrogens with zero attached hydrogens (tertiary/aromatic N) is 2. The first kappa shape index (κ1) is 49.5. The molecular formula is C39H46F3IN8O10S. The van der Waals surface area contributed by atoms with E-state index in [-0.39, 0.29) is 45.3 Å². The van der Waals surface area contributed by atoms with Crippen LogP contribution in [0.15, 0.2) is 42.5 Å². The van der Waals surface area contributed by atoms with Crippen molar-refractivity contribution in [2.45, 2.75) is 20.3 Å². The lowest BCUT2D eigenvalue weighted by Crippen LogP contribution is -2.23. The van der Waals surface area contributed by atoms with Crippen LogP contribution in [0.5, 0.6) is 5.75 Å². The summed E-state index contributed by atoms with van der Waals surface area (Å²) >= 11 is 2.64. The van der Waals surface area contributed by atoms with Crippen LogP contribution in [0, 0.1) is 38.1 Å². The number of nitro groups is 1. The molecule has 0 aliphatic heterocycles. The fourth-order valence-electron chi connectivity index (χ4n) is 5.35. The Kier molecular flexibility index (Phi) is 20.5. The van der Waals surface area contributed by atoms with Crippen LogP contribution >= 0.6 is 33.9 Å². The van der Waals surface area contributed by atoms with Gasteiger partial charge < -0.3 is 50.7 Å². The van der Waals surface area contributed by atoms with Crippen molar-refractivity contribution in [2.24, 2.45) is 5.73 Å². The van der Waals surface area contributed by atoms with Gasteiger partial charge in [0.25, 0.3) is 11.8 Å². The quantitative estimate of drug-likeness (QED) is 0.0166. The molecule has 0 atom stereocenters. The van der Waals surface area contributed by atoms with E-state index in [2.05, 4.69) is 31.6 Å². The molecule has 0 aliphatic rings. The maximum Gasteiger partial charge on any atom is 0.348 e. The third kappa shape index (κ3) is 15.9. The fraction of sp³-hybridized carbons (Fsp3) is 0.385. The lowest BCUT2D eigenvalue weighted by Gasteiger charge is -2.16. The first-order valence-corrected chi connectivity index (χ1v) is 20.9. The number of carbonyl (C=O) groups excluding carboxylic acids is 3. The summed E-state index contributed by atoms with van der Waals surface area (Å²) < 4.78 is 72.1. The summed E-state index contributed by atoms with van der Waals surface area (Å²) in [4.78, 5) is 51.3. The molecule has 62 heavy (non-hydrogen) atoms. The zero-order chi connectivity index (χ0) is 45.0. The molecule has 7 N–H and O–H groups in total. The van der Waals surface area contributed by atoms with Crippen LogP contribution < -0.4 is 37.1 Å². The van der Waals surface area contributed by atoms with Gasteiger partial charge in [0.05, 0.1) is 92.6 Å². The van der Waals surface area contributed by atoms with Gasteiger partial charge in [0.2, 0.25) is 11.7 Å². The summed E-state index contributed by atoms with van der Waals surface area (Å²) in [5.41, 5.74) is 5.45. The number of halogens is 4. The van der Waals surface area contributed by atoms with Crippen LogP contribution in [0.4, 0.5) is 46.1 Å². The number of nitrogens with two attached hydrogens (primary N) is 1. The molecule has 23 heteroatoms. The number of amides is 3. The van der Waals surface area contributed by atoms with Crippen molar-refractivity contribution >= 4 is 84.5 Å². The highest BCUT2D eigenvalue weighted by molar-refractivity contribution is 14.1. The van der Waals surface area contributed by atoms with Gasteiger partial charge in [-0.1, -0.05) is 0 Å². The molecule has 0 fully saturated rings. The van der Waals surface area contributed by atoms with Crippen LogP contribution in [-0.2, 0) is 23.7 Å². The number of thiazole rings is 1. The van der Waals surface area contributed by atoms with Crippen molar-refractivity contribution in [2.75, 3.05) is 100 Å². The Balaban J connectivity index is 0.988. The second kappa shape index (κ2) is 25.7. The molecule has 1 heterocycles. The summed E-state index contributed by atoms with van der Waals surface area (Å²) in [5.74, 6) is -6.00. The maximum absolute atomic E-state index is 14.9. The third-order valence-electron chi connectivity index (χ3n) is 8.23. The van der Waals surface area contributed by atoms with Crippen LogP contribution in [0.25, 0.3) is 0 Å². The summed E-state index contributed by atoms with van der Waals surface area (Å²) in [7, 11) is 0. The molecule has 1 aromatic heterocycles. The Hall–Kier alpha value is -5.18. The smallest absolute Gasteiger partial charge is 0.348 e. The number of carbonyl (C=O) groups is 3. The van der Waals surface area contributed by atoms with E-state index in [1.807, 2.05) is 22.6 Å². The number of rotatable bonds is 28. The van der Waals surface area contributed by atoms with E-state index < -0.39 is 51.2 Å². The monoisotopic (exact) mass is 1000 g/mol. The van der Waals surface area contributed by atoms with E-state index in [1.54, 1.807) is 18.2 Å². The third-order valence-corrected chi connectivity index (χ3v) is 9.93. The Morgan fingerprint density at radius 3 is 2.10 bits per heavy atom. The minimum absolute atomic E-state index is 0.0123. The Morgan fingerprint density at radius 2 is 1.48 bits per heavy atom. The van der Waals surface area contributed by atoms with Crippen molar-refractivity contribution in [3.63, 3.8) is 0 Å². The van der Waals surface area contributed by atoms with Gasteiger partial charge >= 0.3 is 5.00 Å². The molecule has 0 saturated heterocycles. The van der Waals surface area contributed by atoms with E-state index in [9.17, 15) is 37.7 Å². The molecule has 0 aliphatic carbocycles. The van der Waals surface area contributed by atoms with E-state index in [1.165, 1.54) is 32.0 Å². The molecule has 3 aromatic carbocycles. The zero-order valence-electron chi connectivity index (χ0n) is 33.7.